The molecule has 0 saturated heterocycles. The summed E-state index contributed by atoms with van der Waals surface area (Å²) >= 11 is 0. The fraction of sp³-hybridized carbons (Fsp3) is 0.154. The number of pyridine rings is 1. The van der Waals surface area contributed by atoms with E-state index in [0.717, 1.165) is 33.4 Å². The molecule has 0 bridgehead atoms. The molecule has 1 N–H and O–H groups in total. The van der Waals surface area contributed by atoms with Crippen molar-refractivity contribution in [3.05, 3.63) is 89.4 Å². The molecule has 4 aromatic rings. The third-order valence-electron chi connectivity index (χ3n) is 5.73. The molecule has 1 aromatic heterocycles. The van der Waals surface area contributed by atoms with Crippen LogP contribution in [0.4, 0.5) is 4.39 Å². The van der Waals surface area contributed by atoms with Crippen molar-refractivity contribution < 1.29 is 19.0 Å². The molecule has 3 aromatic carbocycles. The predicted octanol–water partition coefficient (Wildman–Crippen LogP) is 5.30. The van der Waals surface area contributed by atoms with Gasteiger partial charge in [-0.25, -0.2) is 4.39 Å². The Morgan fingerprint density at radius 2 is 1.81 bits per heavy atom. The second kappa shape index (κ2) is 7.96. The molecule has 1 aliphatic heterocycles. The van der Waals surface area contributed by atoms with E-state index in [2.05, 4.69) is 4.98 Å². The summed E-state index contributed by atoms with van der Waals surface area (Å²) in [6.07, 6.45) is 1.60. The van der Waals surface area contributed by atoms with E-state index >= 15 is 0 Å². The summed E-state index contributed by atoms with van der Waals surface area (Å²) in [6, 6.07) is 17.5. The Balaban J connectivity index is 1.64. The van der Waals surface area contributed by atoms with Crippen LogP contribution in [0.1, 0.15) is 28.4 Å². The number of phenols is 1. The van der Waals surface area contributed by atoms with Crippen LogP contribution in [-0.2, 0) is 13.1 Å². The van der Waals surface area contributed by atoms with Crippen LogP contribution in [-0.4, -0.2) is 27.5 Å². The zero-order valence-electron chi connectivity index (χ0n) is 17.5. The van der Waals surface area contributed by atoms with Crippen molar-refractivity contribution in [3.8, 4) is 22.6 Å². The molecule has 2 heterocycles. The second-order valence-corrected chi connectivity index (χ2v) is 7.72. The minimum atomic E-state index is -0.322. The average molecular weight is 428 g/mol. The Hall–Kier alpha value is -3.93. The van der Waals surface area contributed by atoms with Gasteiger partial charge < -0.3 is 14.7 Å². The summed E-state index contributed by atoms with van der Waals surface area (Å²) in [6.45, 7) is 3.17. The van der Waals surface area contributed by atoms with Crippen molar-refractivity contribution >= 4 is 16.8 Å². The van der Waals surface area contributed by atoms with Crippen molar-refractivity contribution in [1.82, 2.24) is 9.88 Å². The molecule has 160 valence electrons. The third-order valence-corrected chi connectivity index (χ3v) is 5.73. The van der Waals surface area contributed by atoms with E-state index in [-0.39, 0.29) is 23.0 Å². The van der Waals surface area contributed by atoms with Gasteiger partial charge in [0.05, 0.1) is 12.2 Å². The van der Waals surface area contributed by atoms with Gasteiger partial charge in [-0.1, -0.05) is 30.3 Å². The Kier molecular flexibility index (Phi) is 4.98. The summed E-state index contributed by atoms with van der Waals surface area (Å²) in [4.78, 5) is 19.3. The number of halogens is 1. The van der Waals surface area contributed by atoms with Crippen LogP contribution in [0.2, 0.25) is 0 Å². The van der Waals surface area contributed by atoms with E-state index in [9.17, 15) is 14.3 Å². The van der Waals surface area contributed by atoms with Gasteiger partial charge in [-0.05, 0) is 59.5 Å². The van der Waals surface area contributed by atoms with Crippen LogP contribution in [0.25, 0.3) is 22.0 Å². The fourth-order valence-corrected chi connectivity index (χ4v) is 4.31. The first kappa shape index (κ1) is 20.0. The van der Waals surface area contributed by atoms with Crippen LogP contribution in [0.3, 0.4) is 0 Å². The predicted molar refractivity (Wildman–Crippen MR) is 120 cm³/mol. The van der Waals surface area contributed by atoms with Gasteiger partial charge in [0.15, 0.2) is 5.75 Å². The number of benzene rings is 3. The highest BCUT2D eigenvalue weighted by atomic mass is 19.1. The van der Waals surface area contributed by atoms with E-state index in [0.29, 0.717) is 25.2 Å². The van der Waals surface area contributed by atoms with Crippen LogP contribution >= 0.6 is 0 Å². The quantitative estimate of drug-likeness (QED) is 0.469. The molecule has 5 nitrogen and oxygen atoms in total. The van der Waals surface area contributed by atoms with Crippen LogP contribution in [0.5, 0.6) is 11.5 Å². The van der Waals surface area contributed by atoms with Gasteiger partial charge in [0.1, 0.15) is 17.1 Å². The van der Waals surface area contributed by atoms with E-state index < -0.39 is 0 Å². The topological polar surface area (TPSA) is 62.7 Å². The molecule has 0 saturated carbocycles. The number of phenolic OH excluding ortho intramolecular Hbond substituents is 1. The molecule has 32 heavy (non-hydrogen) atoms. The highest BCUT2D eigenvalue weighted by Gasteiger charge is 2.35. The van der Waals surface area contributed by atoms with Crippen LogP contribution in [0.15, 0.2) is 66.9 Å². The molecule has 5 rings (SSSR count). The van der Waals surface area contributed by atoms with Crippen LogP contribution in [0, 0.1) is 5.82 Å². The summed E-state index contributed by atoms with van der Waals surface area (Å²) in [7, 11) is 0. The van der Waals surface area contributed by atoms with Gasteiger partial charge in [-0.3, -0.25) is 9.78 Å². The van der Waals surface area contributed by atoms with E-state index in [1.807, 2.05) is 43.3 Å². The highest BCUT2D eigenvalue weighted by molar-refractivity contribution is 6.12. The number of carbonyl (C=O) groups excluding carboxylic acids is 1. The lowest BCUT2D eigenvalue weighted by molar-refractivity contribution is 0.0764. The minimum absolute atomic E-state index is 0.100. The Labute approximate surface area is 184 Å². The molecule has 6 heteroatoms. The number of aromatic hydroxyl groups is 1. The monoisotopic (exact) mass is 428 g/mol. The van der Waals surface area contributed by atoms with Crippen molar-refractivity contribution in [3.63, 3.8) is 0 Å². The molecule has 0 fully saturated rings. The first-order chi connectivity index (χ1) is 15.6. The van der Waals surface area contributed by atoms with Crippen LogP contribution < -0.4 is 4.74 Å². The number of aromatic nitrogens is 1. The first-order valence-corrected chi connectivity index (χ1v) is 10.5. The maximum atomic E-state index is 13.3. The number of ether oxygens (including phenoxy) is 1. The SMILES string of the molecule is CCOc1ccc(-c2c3c(c(O)c4ncccc24)C(=O)N(Cc2ccc(F)cc2)C3)cc1. The van der Waals surface area contributed by atoms with Gasteiger partial charge in [0, 0.05) is 24.7 Å². The lowest BCUT2D eigenvalue weighted by Gasteiger charge is -2.16. The minimum Gasteiger partial charge on any atom is -0.505 e. The average Bonchev–Trinajstić information content (AvgIpc) is 3.13. The van der Waals surface area contributed by atoms with Gasteiger partial charge in [-0.15, -0.1) is 0 Å². The lowest BCUT2D eigenvalue weighted by Crippen LogP contribution is -2.23. The zero-order valence-corrected chi connectivity index (χ0v) is 17.5. The van der Waals surface area contributed by atoms with Crippen molar-refractivity contribution in [1.29, 1.82) is 0 Å². The third kappa shape index (κ3) is 3.34. The van der Waals surface area contributed by atoms with Gasteiger partial charge >= 0.3 is 0 Å². The molecule has 0 unspecified atom stereocenters. The van der Waals surface area contributed by atoms with E-state index in [1.165, 1.54) is 12.1 Å². The fourth-order valence-electron chi connectivity index (χ4n) is 4.31. The highest BCUT2D eigenvalue weighted by Crippen LogP contribution is 2.44. The van der Waals surface area contributed by atoms with E-state index in [1.54, 1.807) is 23.2 Å². The molecular formula is C26H21FN2O3. The molecule has 0 radical (unpaired) electrons. The summed E-state index contributed by atoms with van der Waals surface area (Å²) in [5.41, 5.74) is 4.05. The molecule has 1 amide bonds. The number of fused-ring (bicyclic) bond motifs is 2. The maximum Gasteiger partial charge on any atom is 0.258 e. The normalized spacial score (nSPS) is 12.9. The van der Waals surface area contributed by atoms with Crippen molar-refractivity contribution in [2.75, 3.05) is 6.61 Å². The number of hydrogen-bond donors (Lipinski definition) is 1. The molecular weight excluding hydrogens is 407 g/mol. The van der Waals surface area contributed by atoms with Gasteiger partial charge in [0.25, 0.3) is 5.91 Å². The molecule has 0 spiro atoms. The number of hydrogen-bond acceptors (Lipinski definition) is 4. The summed E-state index contributed by atoms with van der Waals surface area (Å²) in [5, 5.41) is 11.7. The largest absolute Gasteiger partial charge is 0.505 e. The number of amides is 1. The first-order valence-electron chi connectivity index (χ1n) is 10.5. The maximum absolute atomic E-state index is 13.3. The Bertz CT molecular complexity index is 1320. The molecule has 0 aliphatic carbocycles. The summed E-state index contributed by atoms with van der Waals surface area (Å²) in [5.74, 6) is 0.0825. The van der Waals surface area contributed by atoms with Crippen molar-refractivity contribution in [2.24, 2.45) is 0 Å². The number of carbonyl (C=O) groups is 1. The van der Waals surface area contributed by atoms with Gasteiger partial charge in [0.2, 0.25) is 0 Å². The smallest absolute Gasteiger partial charge is 0.258 e. The Morgan fingerprint density at radius 1 is 1.06 bits per heavy atom. The molecule has 1 aliphatic rings. The second-order valence-electron chi connectivity index (χ2n) is 7.72. The summed E-state index contributed by atoms with van der Waals surface area (Å²) < 4.78 is 18.9. The lowest BCUT2D eigenvalue weighted by atomic mass is 9.91. The zero-order chi connectivity index (χ0) is 22.2. The standard InChI is InChI=1S/C26H21FN2O3/c1-2-32-19-11-7-17(8-12-19)22-20-4-3-13-28-24(20)25(30)23-21(22)15-29(26(23)31)14-16-5-9-18(27)10-6-16/h3-13,30H,2,14-15H2,1H3. The molecule has 0 atom stereocenters. The van der Waals surface area contributed by atoms with E-state index in [4.69, 9.17) is 4.74 Å². The number of nitrogens with zero attached hydrogens (tertiary/aromatic N) is 2. The number of rotatable bonds is 5. The van der Waals surface area contributed by atoms with Crippen molar-refractivity contribution in [2.45, 2.75) is 20.0 Å². The Morgan fingerprint density at radius 3 is 2.53 bits per heavy atom. The van der Waals surface area contributed by atoms with Gasteiger partial charge in [-0.2, -0.15) is 0 Å².